The summed E-state index contributed by atoms with van der Waals surface area (Å²) in [5, 5.41) is 10.9. The van der Waals surface area contributed by atoms with E-state index in [-0.39, 0.29) is 5.88 Å². The minimum Gasteiger partial charge on any atom is -0.493 e. The predicted octanol–water partition coefficient (Wildman–Crippen LogP) is 4.69. The molecule has 0 aliphatic rings. The second kappa shape index (κ2) is 7.61. The van der Waals surface area contributed by atoms with Crippen molar-refractivity contribution in [3.8, 4) is 29.0 Å². The van der Waals surface area contributed by atoms with E-state index in [1.54, 1.807) is 16.9 Å². The van der Waals surface area contributed by atoms with Crippen LogP contribution in [0.4, 0.5) is 0 Å². The average Bonchev–Trinajstić information content (AvgIpc) is 3.42. The van der Waals surface area contributed by atoms with Crippen LogP contribution in [0.15, 0.2) is 89.7 Å². The number of furan rings is 1. The summed E-state index contributed by atoms with van der Waals surface area (Å²) in [4.78, 5) is 9.37. The number of imidazole rings is 1. The van der Waals surface area contributed by atoms with Crippen LogP contribution >= 0.6 is 0 Å². The number of aromatic nitrogens is 3. The third-order valence-corrected chi connectivity index (χ3v) is 4.74. The first-order valence-corrected chi connectivity index (χ1v) is 9.54. The topological polar surface area (TPSA) is 63.6 Å². The van der Waals surface area contributed by atoms with Gasteiger partial charge in [0.25, 0.3) is 0 Å². The Morgan fingerprint density at radius 2 is 1.63 bits per heavy atom. The summed E-state index contributed by atoms with van der Waals surface area (Å²) in [7, 11) is 0. The third kappa shape index (κ3) is 3.43. The predicted molar refractivity (Wildman–Crippen MR) is 114 cm³/mol. The van der Waals surface area contributed by atoms with Crippen LogP contribution < -0.4 is 0 Å². The molecule has 3 heterocycles. The van der Waals surface area contributed by atoms with E-state index < -0.39 is 0 Å². The van der Waals surface area contributed by atoms with Gasteiger partial charge in [0.2, 0.25) is 5.88 Å². The Balaban J connectivity index is 1.68. The maximum Gasteiger partial charge on any atom is 0.219 e. The SMILES string of the molecule is Oc1c(Cc2ccco2)nc2c(C#Cc3ccccc3)nc(-c3ccccc3)cn12. The highest BCUT2D eigenvalue weighted by Gasteiger charge is 2.17. The Bertz CT molecular complexity index is 1360. The second-order valence-electron chi connectivity index (χ2n) is 6.79. The molecule has 0 amide bonds. The fourth-order valence-corrected chi connectivity index (χ4v) is 3.26. The summed E-state index contributed by atoms with van der Waals surface area (Å²) in [6, 6.07) is 23.2. The van der Waals surface area contributed by atoms with Crippen molar-refractivity contribution in [2.75, 3.05) is 0 Å². The van der Waals surface area contributed by atoms with Crippen LogP contribution in [0.1, 0.15) is 22.7 Å². The zero-order chi connectivity index (χ0) is 20.3. The highest BCUT2D eigenvalue weighted by atomic mass is 16.3. The first-order valence-electron chi connectivity index (χ1n) is 9.54. The molecule has 5 heteroatoms. The molecule has 0 radical (unpaired) electrons. The van der Waals surface area contributed by atoms with E-state index in [0.29, 0.717) is 29.1 Å². The van der Waals surface area contributed by atoms with Gasteiger partial charge in [0.15, 0.2) is 11.3 Å². The summed E-state index contributed by atoms with van der Waals surface area (Å²) < 4.78 is 7.05. The number of hydrogen-bond acceptors (Lipinski definition) is 4. The molecule has 30 heavy (non-hydrogen) atoms. The van der Waals surface area contributed by atoms with Gasteiger partial charge in [-0.05, 0) is 30.2 Å². The molecule has 5 rings (SSSR count). The van der Waals surface area contributed by atoms with Crippen LogP contribution in [0.5, 0.6) is 5.88 Å². The summed E-state index contributed by atoms with van der Waals surface area (Å²) >= 11 is 0. The number of rotatable bonds is 3. The lowest BCUT2D eigenvalue weighted by Crippen LogP contribution is -1.96. The number of fused-ring (bicyclic) bond motifs is 1. The molecule has 3 aromatic heterocycles. The van der Waals surface area contributed by atoms with Gasteiger partial charge in [-0.2, -0.15) is 0 Å². The lowest BCUT2D eigenvalue weighted by atomic mass is 10.1. The zero-order valence-corrected chi connectivity index (χ0v) is 16.0. The average molecular weight is 391 g/mol. The van der Waals surface area contributed by atoms with Crippen LogP contribution in [-0.2, 0) is 6.42 Å². The molecule has 0 fully saturated rings. The van der Waals surface area contributed by atoms with Crippen molar-refractivity contribution in [1.29, 1.82) is 0 Å². The Morgan fingerprint density at radius 3 is 2.37 bits per heavy atom. The van der Waals surface area contributed by atoms with Crippen LogP contribution in [0.25, 0.3) is 16.9 Å². The molecule has 5 nitrogen and oxygen atoms in total. The number of hydrogen-bond donors (Lipinski definition) is 1. The van der Waals surface area contributed by atoms with Crippen molar-refractivity contribution in [2.24, 2.45) is 0 Å². The van der Waals surface area contributed by atoms with E-state index in [2.05, 4.69) is 16.8 Å². The smallest absolute Gasteiger partial charge is 0.219 e. The molecule has 0 saturated carbocycles. The minimum atomic E-state index is 0.0590. The third-order valence-electron chi connectivity index (χ3n) is 4.74. The van der Waals surface area contributed by atoms with Crippen LogP contribution in [0.3, 0.4) is 0 Å². The summed E-state index contributed by atoms with van der Waals surface area (Å²) in [5.74, 6) is 7.06. The summed E-state index contributed by atoms with van der Waals surface area (Å²) in [5.41, 5.74) is 4.05. The van der Waals surface area contributed by atoms with Crippen LogP contribution in [0.2, 0.25) is 0 Å². The van der Waals surface area contributed by atoms with E-state index in [9.17, 15) is 5.11 Å². The Hall–Kier alpha value is -4.30. The van der Waals surface area contributed by atoms with E-state index >= 15 is 0 Å². The maximum absolute atomic E-state index is 10.9. The van der Waals surface area contributed by atoms with Crippen LogP contribution in [-0.4, -0.2) is 19.5 Å². The highest BCUT2D eigenvalue weighted by Crippen LogP contribution is 2.27. The first kappa shape index (κ1) is 17.8. The van der Waals surface area contributed by atoms with Gasteiger partial charge >= 0.3 is 0 Å². The van der Waals surface area contributed by atoms with Gasteiger partial charge in [0.05, 0.1) is 18.4 Å². The molecule has 0 aliphatic heterocycles. The van der Waals surface area contributed by atoms with Gasteiger partial charge < -0.3 is 9.52 Å². The standard InChI is InChI=1S/C25H17N3O2/c29-25-22(16-20-12-7-15-30-20)27-24-21(14-13-18-8-3-1-4-9-18)26-23(17-28(24)25)19-10-5-2-6-11-19/h1-12,15,17,29H,16H2. The Labute approximate surface area is 173 Å². The maximum atomic E-state index is 10.9. The van der Waals surface area contributed by atoms with Crippen molar-refractivity contribution in [2.45, 2.75) is 6.42 Å². The zero-order valence-electron chi connectivity index (χ0n) is 16.0. The first-order chi connectivity index (χ1) is 14.8. The van der Waals surface area contributed by atoms with Gasteiger partial charge in [0.1, 0.15) is 11.5 Å². The normalized spacial score (nSPS) is 10.7. The van der Waals surface area contributed by atoms with Crippen LogP contribution in [0, 0.1) is 11.8 Å². The van der Waals surface area contributed by atoms with E-state index in [1.165, 1.54) is 0 Å². The Kier molecular flexibility index (Phi) is 4.51. The molecule has 144 valence electrons. The van der Waals surface area contributed by atoms with Gasteiger partial charge in [-0.3, -0.25) is 4.40 Å². The molecule has 0 atom stereocenters. The Morgan fingerprint density at radius 1 is 0.867 bits per heavy atom. The van der Waals surface area contributed by atoms with E-state index in [0.717, 1.165) is 16.9 Å². The molecule has 0 aliphatic carbocycles. The molecule has 2 aromatic carbocycles. The lowest BCUT2D eigenvalue weighted by Gasteiger charge is -2.04. The van der Waals surface area contributed by atoms with Gasteiger partial charge in [-0.25, -0.2) is 9.97 Å². The second-order valence-corrected chi connectivity index (χ2v) is 6.79. The molecule has 5 aromatic rings. The van der Waals surface area contributed by atoms with Gasteiger partial charge in [-0.15, -0.1) is 0 Å². The molecule has 0 spiro atoms. The van der Waals surface area contributed by atoms with Crippen molar-refractivity contribution < 1.29 is 9.52 Å². The molecular weight excluding hydrogens is 374 g/mol. The van der Waals surface area contributed by atoms with Gasteiger partial charge in [0, 0.05) is 17.3 Å². The van der Waals surface area contributed by atoms with Crippen molar-refractivity contribution in [3.63, 3.8) is 0 Å². The van der Waals surface area contributed by atoms with Crippen molar-refractivity contribution in [3.05, 3.63) is 108 Å². The minimum absolute atomic E-state index is 0.0590. The molecule has 0 unspecified atom stereocenters. The molecular formula is C25H17N3O2. The number of nitrogens with zero attached hydrogens (tertiary/aromatic N) is 3. The molecule has 0 bridgehead atoms. The molecule has 0 saturated heterocycles. The number of benzene rings is 2. The van der Waals surface area contributed by atoms with Crippen molar-refractivity contribution in [1.82, 2.24) is 14.4 Å². The highest BCUT2D eigenvalue weighted by molar-refractivity contribution is 5.66. The summed E-state index contributed by atoms with van der Waals surface area (Å²) in [6.45, 7) is 0. The fourth-order valence-electron chi connectivity index (χ4n) is 3.26. The van der Waals surface area contributed by atoms with E-state index in [4.69, 9.17) is 9.40 Å². The largest absolute Gasteiger partial charge is 0.493 e. The van der Waals surface area contributed by atoms with Crippen molar-refractivity contribution >= 4 is 5.65 Å². The summed E-state index contributed by atoms with van der Waals surface area (Å²) in [6.07, 6.45) is 3.77. The van der Waals surface area contributed by atoms with Gasteiger partial charge in [-0.1, -0.05) is 54.5 Å². The lowest BCUT2D eigenvalue weighted by molar-refractivity contribution is 0.438. The fraction of sp³-hybridized carbons (Fsp3) is 0.0400. The van der Waals surface area contributed by atoms with E-state index in [1.807, 2.05) is 72.8 Å². The molecule has 1 N–H and O–H groups in total. The number of aromatic hydroxyl groups is 1. The monoisotopic (exact) mass is 391 g/mol. The quantitative estimate of drug-likeness (QED) is 0.454.